The van der Waals surface area contributed by atoms with E-state index in [0.29, 0.717) is 46.6 Å². The molecule has 4 heterocycles. The van der Waals surface area contributed by atoms with E-state index in [1.54, 1.807) is 7.11 Å². The van der Waals surface area contributed by atoms with E-state index in [4.69, 9.17) is 24.2 Å². The molecule has 54 heavy (non-hydrogen) atoms. The van der Waals surface area contributed by atoms with Crippen molar-refractivity contribution in [2.45, 2.75) is 107 Å². The van der Waals surface area contributed by atoms with Crippen LogP contribution in [-0.4, -0.2) is 93.9 Å². The summed E-state index contributed by atoms with van der Waals surface area (Å²) in [7, 11) is 1.58. The lowest BCUT2D eigenvalue weighted by atomic mass is 10.0. The summed E-state index contributed by atoms with van der Waals surface area (Å²) in [5.74, 6) is -1.36. The second-order valence-corrected chi connectivity index (χ2v) is 15.4. The third-order valence-corrected chi connectivity index (χ3v) is 11.7. The van der Waals surface area contributed by atoms with Gasteiger partial charge in [0, 0.05) is 41.8 Å². The molecular formula is C39H48N6O8S. The Morgan fingerprint density at radius 3 is 2.65 bits per heavy atom. The van der Waals surface area contributed by atoms with E-state index in [9.17, 15) is 24.3 Å². The van der Waals surface area contributed by atoms with Crippen molar-refractivity contribution < 1.29 is 38.5 Å². The first-order valence-electron chi connectivity index (χ1n) is 19.0. The van der Waals surface area contributed by atoms with E-state index in [-0.39, 0.29) is 31.4 Å². The largest absolute Gasteiger partial charge is 0.497 e. The fraction of sp³-hybridized carbons (Fsp3) is 0.538. The third kappa shape index (κ3) is 8.10. The standard InChI is InChI=1S/C39H48N6O8S/c1-3-40-37-42-31(22-54-37)30-19-33(27-16-15-25(51-2)17-29(27)41-30)52-26-18-32-34(46)44-39(36(48)49)20-23(39)11-7-5-4-6-8-14-28(35(47)45(32)21-26)43-38(50)53-24-12-9-10-13-24/h7,11,15-17,19,22-24,26,28,32H,3-6,8-10,12-14,18,20-21H2,1-2H3,(H,40,42)(H,43,50)(H,44,46)(H,48,49)/b11-7-/t23?,26-,28+,32+,39-/m1/s1. The second kappa shape index (κ2) is 16.2. The number of nitrogens with zero attached hydrogens (tertiary/aromatic N) is 3. The number of carbonyl (C=O) groups excluding carboxylic acids is 3. The SMILES string of the molecule is CCNc1nc(-c2cc(O[C@@H]3C[C@H]4C(=O)N[C@]5(C(=O)O)CC5/C=C\CCCCC[C@H](NC(=O)OC5CCCC5)C(=O)N4C3)c3ccc(OC)cc3n2)cs1. The van der Waals surface area contributed by atoms with Crippen LogP contribution in [0.1, 0.15) is 77.6 Å². The van der Waals surface area contributed by atoms with Gasteiger partial charge in [0.25, 0.3) is 0 Å². The van der Waals surface area contributed by atoms with E-state index < -0.39 is 47.6 Å². The summed E-state index contributed by atoms with van der Waals surface area (Å²) in [4.78, 5) is 65.4. The molecule has 2 aliphatic carbocycles. The number of aliphatic carboxylic acids is 1. The molecule has 1 unspecified atom stereocenters. The van der Waals surface area contributed by atoms with Crippen LogP contribution in [0.25, 0.3) is 22.3 Å². The highest BCUT2D eigenvalue weighted by molar-refractivity contribution is 7.14. The number of ether oxygens (including phenoxy) is 3. The first kappa shape index (κ1) is 37.4. The average molecular weight is 761 g/mol. The summed E-state index contributed by atoms with van der Waals surface area (Å²) in [5.41, 5.74) is 0.403. The van der Waals surface area contributed by atoms with Crippen LogP contribution >= 0.6 is 11.3 Å². The molecule has 3 amide bonds. The van der Waals surface area contributed by atoms with Gasteiger partial charge in [-0.15, -0.1) is 11.3 Å². The number of carboxylic acids is 1. The summed E-state index contributed by atoms with van der Waals surface area (Å²) >= 11 is 1.47. The Labute approximate surface area is 318 Å². The van der Waals surface area contributed by atoms with Gasteiger partial charge in [-0.25, -0.2) is 19.6 Å². The minimum absolute atomic E-state index is 0.0345. The second-order valence-electron chi connectivity index (χ2n) is 14.6. The topological polar surface area (TPSA) is 181 Å². The first-order chi connectivity index (χ1) is 26.2. The number of hydrogen-bond donors (Lipinski definition) is 4. The predicted molar refractivity (Wildman–Crippen MR) is 203 cm³/mol. The number of rotatable bonds is 9. The van der Waals surface area contributed by atoms with Gasteiger partial charge in [-0.3, -0.25) is 9.59 Å². The molecule has 1 saturated heterocycles. The molecule has 7 rings (SSSR count). The van der Waals surface area contributed by atoms with Crippen LogP contribution in [0.4, 0.5) is 9.93 Å². The Morgan fingerprint density at radius 1 is 1.06 bits per heavy atom. The Balaban J connectivity index is 1.20. The van der Waals surface area contributed by atoms with Gasteiger partial charge in [-0.2, -0.15) is 0 Å². The molecule has 2 aliphatic heterocycles. The molecule has 0 radical (unpaired) electrons. The van der Waals surface area contributed by atoms with E-state index in [1.165, 1.54) is 16.2 Å². The zero-order valence-electron chi connectivity index (χ0n) is 30.7. The maximum atomic E-state index is 14.5. The van der Waals surface area contributed by atoms with Crippen molar-refractivity contribution in [3.63, 3.8) is 0 Å². The van der Waals surface area contributed by atoms with Crippen LogP contribution in [-0.2, 0) is 19.1 Å². The molecule has 15 heteroatoms. The summed E-state index contributed by atoms with van der Waals surface area (Å²) < 4.78 is 17.9. The number of methoxy groups -OCH3 is 1. The van der Waals surface area contributed by atoms with Crippen molar-refractivity contribution in [2.75, 3.05) is 25.5 Å². The molecule has 4 N–H and O–H groups in total. The number of pyridine rings is 1. The fourth-order valence-electron chi connectivity index (χ4n) is 7.82. The predicted octanol–water partition coefficient (Wildman–Crippen LogP) is 5.66. The van der Waals surface area contributed by atoms with Crippen molar-refractivity contribution in [3.8, 4) is 22.9 Å². The van der Waals surface area contributed by atoms with Crippen LogP contribution in [0.3, 0.4) is 0 Å². The minimum Gasteiger partial charge on any atom is -0.497 e. The van der Waals surface area contributed by atoms with E-state index in [2.05, 4.69) is 16.0 Å². The number of amides is 3. The third-order valence-electron chi connectivity index (χ3n) is 10.9. The fourth-order valence-corrected chi connectivity index (χ4v) is 8.59. The van der Waals surface area contributed by atoms with Crippen molar-refractivity contribution in [3.05, 3.63) is 41.8 Å². The highest BCUT2D eigenvalue weighted by atomic mass is 32.1. The molecule has 4 aliphatic rings. The van der Waals surface area contributed by atoms with E-state index in [1.807, 2.05) is 48.7 Å². The molecule has 1 aromatic carbocycles. The monoisotopic (exact) mass is 760 g/mol. The quantitative estimate of drug-likeness (QED) is 0.198. The van der Waals surface area contributed by atoms with Gasteiger partial charge < -0.3 is 40.2 Å². The minimum atomic E-state index is -1.45. The highest BCUT2D eigenvalue weighted by Crippen LogP contribution is 2.45. The number of allylic oxidation sites excluding steroid dienone is 1. The molecule has 3 aromatic rings. The lowest BCUT2D eigenvalue weighted by molar-refractivity contribution is -0.145. The molecule has 2 aromatic heterocycles. The molecule has 5 atom stereocenters. The Hall–Kier alpha value is -4.92. The number of benzene rings is 1. The Bertz CT molecular complexity index is 1910. The number of nitrogens with one attached hydrogen (secondary N) is 3. The summed E-state index contributed by atoms with van der Waals surface area (Å²) in [6, 6.07) is 5.30. The van der Waals surface area contributed by atoms with Crippen LogP contribution in [0.2, 0.25) is 0 Å². The number of carboxylic acid groups (broad SMARTS) is 1. The molecule has 0 bridgehead atoms. The van der Waals surface area contributed by atoms with E-state index >= 15 is 0 Å². The van der Waals surface area contributed by atoms with E-state index in [0.717, 1.165) is 56.6 Å². The number of thiazole rings is 1. The van der Waals surface area contributed by atoms with Gasteiger partial charge in [0.05, 0.1) is 24.9 Å². The molecule has 288 valence electrons. The summed E-state index contributed by atoms with van der Waals surface area (Å²) in [6.45, 7) is 2.75. The number of alkyl carbamates (subject to hydrolysis) is 1. The number of fused-ring (bicyclic) bond motifs is 3. The first-order valence-corrected chi connectivity index (χ1v) is 19.9. The molecule has 14 nitrogen and oxygen atoms in total. The average Bonchev–Trinajstić information content (AvgIpc) is 3.59. The maximum Gasteiger partial charge on any atom is 0.408 e. The maximum absolute atomic E-state index is 14.5. The molecule has 2 saturated carbocycles. The van der Waals surface area contributed by atoms with Gasteiger partial charge in [-0.1, -0.05) is 25.0 Å². The van der Waals surface area contributed by atoms with Crippen LogP contribution < -0.4 is 25.4 Å². The summed E-state index contributed by atoms with van der Waals surface area (Å²) in [5, 5.41) is 22.5. The number of hydrogen-bond acceptors (Lipinski definition) is 11. The smallest absolute Gasteiger partial charge is 0.408 e. The van der Waals surface area contributed by atoms with Crippen LogP contribution in [0.15, 0.2) is 41.8 Å². The van der Waals surface area contributed by atoms with Crippen molar-refractivity contribution >= 4 is 51.2 Å². The zero-order valence-corrected chi connectivity index (χ0v) is 31.5. The highest BCUT2D eigenvalue weighted by Gasteiger charge is 2.61. The van der Waals surface area contributed by atoms with Gasteiger partial charge in [0.15, 0.2) is 5.13 Å². The van der Waals surface area contributed by atoms with Crippen LogP contribution in [0.5, 0.6) is 11.5 Å². The number of carbonyl (C=O) groups is 4. The van der Waals surface area contributed by atoms with Crippen molar-refractivity contribution in [1.82, 2.24) is 25.5 Å². The molecule has 3 fully saturated rings. The molecule has 0 spiro atoms. The Morgan fingerprint density at radius 2 is 1.87 bits per heavy atom. The number of anilines is 1. The van der Waals surface area contributed by atoms with Crippen molar-refractivity contribution in [2.24, 2.45) is 5.92 Å². The van der Waals surface area contributed by atoms with Crippen molar-refractivity contribution in [1.29, 1.82) is 0 Å². The zero-order chi connectivity index (χ0) is 37.8. The van der Waals surface area contributed by atoms with Crippen LogP contribution in [0, 0.1) is 5.92 Å². The summed E-state index contributed by atoms with van der Waals surface area (Å²) in [6.07, 6.45) is 9.73. The molecular weight excluding hydrogens is 713 g/mol. The lowest BCUT2D eigenvalue weighted by Gasteiger charge is -2.29. The van der Waals surface area contributed by atoms with Gasteiger partial charge in [-0.05, 0) is 70.4 Å². The number of aromatic nitrogens is 2. The van der Waals surface area contributed by atoms with Gasteiger partial charge in [0.2, 0.25) is 11.8 Å². The Kier molecular flexibility index (Phi) is 11.2. The normalized spacial score (nSPS) is 26.8. The van der Waals surface area contributed by atoms with Gasteiger partial charge in [0.1, 0.15) is 47.0 Å². The van der Waals surface area contributed by atoms with Gasteiger partial charge >= 0.3 is 12.1 Å². The lowest BCUT2D eigenvalue weighted by Crippen LogP contribution is -2.56.